The maximum atomic E-state index is 12.0. The minimum Gasteiger partial charge on any atom is -0.482 e. The first-order valence-corrected chi connectivity index (χ1v) is 10.2. The third-order valence-corrected chi connectivity index (χ3v) is 5.40. The lowest BCUT2D eigenvalue weighted by Gasteiger charge is -2.11. The van der Waals surface area contributed by atoms with E-state index in [9.17, 15) is 4.79 Å². The number of rotatable bonds is 6. The number of amides is 1. The molecule has 0 fully saturated rings. The maximum Gasteiger partial charge on any atom is 0.277 e. The molecule has 0 unspecified atom stereocenters. The number of ether oxygens (including phenoxy) is 1. The highest BCUT2D eigenvalue weighted by molar-refractivity contribution is 6.35. The average molecular weight is 444 g/mol. The summed E-state index contributed by atoms with van der Waals surface area (Å²) < 4.78 is 7.57. The summed E-state index contributed by atoms with van der Waals surface area (Å²) in [6.45, 7) is 8.06. The fourth-order valence-electron chi connectivity index (χ4n) is 3.12. The Morgan fingerprint density at radius 2 is 1.83 bits per heavy atom. The average Bonchev–Trinajstić information content (AvgIpc) is 2.97. The van der Waals surface area contributed by atoms with Gasteiger partial charge in [-0.3, -0.25) is 4.79 Å². The first-order chi connectivity index (χ1) is 14.3. The van der Waals surface area contributed by atoms with Gasteiger partial charge in [0.1, 0.15) is 5.75 Å². The number of benzene rings is 2. The molecule has 2 aromatic carbocycles. The summed E-state index contributed by atoms with van der Waals surface area (Å²) in [6, 6.07) is 13.2. The van der Waals surface area contributed by atoms with Gasteiger partial charge >= 0.3 is 0 Å². The zero-order chi connectivity index (χ0) is 21.8. The van der Waals surface area contributed by atoms with Crippen LogP contribution in [0.5, 0.6) is 5.75 Å². The zero-order valence-corrected chi connectivity index (χ0v) is 18.8. The standard InChI is InChI=1S/C23H23Cl2N3O2/c1-14-5-7-20(9-15(14)2)28-16(3)10-18(17(28)4)12-26-27-23(29)13-30-22-8-6-19(24)11-21(22)25/h5-12H,13H2,1-4H3,(H,27,29)/b26-12-. The van der Waals surface area contributed by atoms with Crippen molar-refractivity contribution in [2.75, 3.05) is 6.61 Å². The lowest BCUT2D eigenvalue weighted by atomic mass is 10.1. The van der Waals surface area contributed by atoms with Gasteiger partial charge in [-0.05, 0) is 75.2 Å². The number of hydrogen-bond donors (Lipinski definition) is 1. The van der Waals surface area contributed by atoms with E-state index in [1.54, 1.807) is 24.4 Å². The molecule has 156 valence electrons. The van der Waals surface area contributed by atoms with E-state index in [0.717, 1.165) is 22.6 Å². The molecule has 0 aliphatic carbocycles. The summed E-state index contributed by atoms with van der Waals surface area (Å²) in [5, 5.41) is 4.90. The van der Waals surface area contributed by atoms with Gasteiger partial charge in [-0.15, -0.1) is 0 Å². The molecule has 7 heteroatoms. The highest BCUT2D eigenvalue weighted by atomic mass is 35.5. The van der Waals surface area contributed by atoms with Gasteiger partial charge in [-0.25, -0.2) is 5.43 Å². The molecule has 1 heterocycles. The van der Waals surface area contributed by atoms with Gasteiger partial charge in [0.2, 0.25) is 0 Å². The molecule has 0 radical (unpaired) electrons. The van der Waals surface area contributed by atoms with Crippen LogP contribution in [0.15, 0.2) is 47.6 Å². The van der Waals surface area contributed by atoms with Crippen molar-refractivity contribution in [1.82, 2.24) is 9.99 Å². The Labute approximate surface area is 186 Å². The van der Waals surface area contributed by atoms with Crippen LogP contribution in [0.3, 0.4) is 0 Å². The number of nitrogens with one attached hydrogen (secondary N) is 1. The van der Waals surface area contributed by atoms with E-state index in [1.807, 2.05) is 19.9 Å². The van der Waals surface area contributed by atoms with E-state index in [0.29, 0.717) is 15.8 Å². The number of carbonyl (C=O) groups is 1. The van der Waals surface area contributed by atoms with Gasteiger partial charge < -0.3 is 9.30 Å². The van der Waals surface area contributed by atoms with E-state index >= 15 is 0 Å². The lowest BCUT2D eigenvalue weighted by Crippen LogP contribution is -2.24. The summed E-state index contributed by atoms with van der Waals surface area (Å²) >= 11 is 11.9. The second-order valence-electron chi connectivity index (χ2n) is 7.09. The third-order valence-electron chi connectivity index (χ3n) is 4.86. The summed E-state index contributed by atoms with van der Waals surface area (Å²) in [4.78, 5) is 12.0. The molecule has 5 nitrogen and oxygen atoms in total. The largest absolute Gasteiger partial charge is 0.482 e. The topological polar surface area (TPSA) is 55.6 Å². The summed E-state index contributed by atoms with van der Waals surface area (Å²) in [5.41, 5.74) is 9.12. The van der Waals surface area contributed by atoms with Crippen LogP contribution >= 0.6 is 23.2 Å². The Bertz CT molecular complexity index is 1120. The molecule has 3 aromatic rings. The summed E-state index contributed by atoms with van der Waals surface area (Å²) in [6.07, 6.45) is 1.63. The number of aromatic nitrogens is 1. The van der Waals surface area contributed by atoms with Crippen LogP contribution in [0.1, 0.15) is 28.1 Å². The second kappa shape index (κ2) is 9.37. The smallest absolute Gasteiger partial charge is 0.277 e. The van der Waals surface area contributed by atoms with Crippen LogP contribution in [0.4, 0.5) is 0 Å². The fraction of sp³-hybridized carbons (Fsp3) is 0.217. The van der Waals surface area contributed by atoms with Gasteiger partial charge in [0.15, 0.2) is 6.61 Å². The Morgan fingerprint density at radius 3 is 2.53 bits per heavy atom. The molecular formula is C23H23Cl2N3O2. The third kappa shape index (κ3) is 5.04. The molecule has 0 saturated carbocycles. The van der Waals surface area contributed by atoms with Crippen molar-refractivity contribution in [3.63, 3.8) is 0 Å². The minimum absolute atomic E-state index is 0.208. The van der Waals surface area contributed by atoms with Crippen LogP contribution < -0.4 is 10.2 Å². The van der Waals surface area contributed by atoms with Crippen LogP contribution in [-0.4, -0.2) is 23.3 Å². The molecule has 1 amide bonds. The number of aryl methyl sites for hydroxylation is 3. The van der Waals surface area contributed by atoms with Gasteiger partial charge in [-0.2, -0.15) is 5.10 Å². The first-order valence-electron chi connectivity index (χ1n) is 9.42. The molecule has 0 aliphatic rings. The molecule has 0 saturated heterocycles. The van der Waals surface area contributed by atoms with Crippen LogP contribution in [0, 0.1) is 27.7 Å². The maximum absolute atomic E-state index is 12.0. The zero-order valence-electron chi connectivity index (χ0n) is 17.3. The Balaban J connectivity index is 1.65. The summed E-state index contributed by atoms with van der Waals surface area (Å²) in [7, 11) is 0. The van der Waals surface area contributed by atoms with E-state index in [2.05, 4.69) is 47.1 Å². The quantitative estimate of drug-likeness (QED) is 0.401. The number of hydrogen-bond acceptors (Lipinski definition) is 3. The van der Waals surface area contributed by atoms with Gasteiger partial charge in [0.05, 0.1) is 11.2 Å². The number of halogens is 2. The monoisotopic (exact) mass is 443 g/mol. The second-order valence-corrected chi connectivity index (χ2v) is 7.93. The predicted molar refractivity (Wildman–Crippen MR) is 122 cm³/mol. The van der Waals surface area contributed by atoms with Crippen molar-refractivity contribution in [2.45, 2.75) is 27.7 Å². The van der Waals surface area contributed by atoms with E-state index in [4.69, 9.17) is 27.9 Å². The molecule has 30 heavy (non-hydrogen) atoms. The van der Waals surface area contributed by atoms with Crippen molar-refractivity contribution < 1.29 is 9.53 Å². The molecule has 3 rings (SSSR count). The highest BCUT2D eigenvalue weighted by Gasteiger charge is 2.10. The number of carbonyl (C=O) groups excluding carboxylic acids is 1. The van der Waals surface area contributed by atoms with Gasteiger partial charge in [0.25, 0.3) is 5.91 Å². The van der Waals surface area contributed by atoms with E-state index in [1.165, 1.54) is 11.1 Å². The molecule has 0 spiro atoms. The number of nitrogens with zero attached hydrogens (tertiary/aromatic N) is 2. The molecule has 0 aliphatic heterocycles. The Hall–Kier alpha value is -2.76. The number of hydrazone groups is 1. The van der Waals surface area contributed by atoms with Gasteiger partial charge in [0, 0.05) is 27.7 Å². The molecule has 1 N–H and O–H groups in total. The van der Waals surface area contributed by atoms with E-state index < -0.39 is 0 Å². The van der Waals surface area contributed by atoms with Crippen LogP contribution in [-0.2, 0) is 4.79 Å². The Kier molecular flexibility index (Phi) is 6.85. The Morgan fingerprint density at radius 1 is 1.07 bits per heavy atom. The fourth-order valence-corrected chi connectivity index (χ4v) is 3.59. The molecule has 0 bridgehead atoms. The summed E-state index contributed by atoms with van der Waals surface area (Å²) in [5.74, 6) is -0.00244. The van der Waals surface area contributed by atoms with Crippen molar-refractivity contribution in [1.29, 1.82) is 0 Å². The van der Waals surface area contributed by atoms with Crippen molar-refractivity contribution in [2.24, 2.45) is 5.10 Å². The lowest BCUT2D eigenvalue weighted by molar-refractivity contribution is -0.123. The molecular weight excluding hydrogens is 421 g/mol. The van der Waals surface area contributed by atoms with Gasteiger partial charge in [-0.1, -0.05) is 29.3 Å². The van der Waals surface area contributed by atoms with E-state index in [-0.39, 0.29) is 12.5 Å². The molecule has 1 aromatic heterocycles. The minimum atomic E-state index is -0.389. The van der Waals surface area contributed by atoms with Crippen molar-refractivity contribution >= 4 is 35.3 Å². The predicted octanol–water partition coefficient (Wildman–Crippen LogP) is 5.55. The molecule has 0 atom stereocenters. The van der Waals surface area contributed by atoms with Crippen LogP contribution in [0.2, 0.25) is 10.0 Å². The SMILES string of the molecule is Cc1ccc(-n2c(C)cc(/C=N\NC(=O)COc3ccc(Cl)cc3Cl)c2C)cc1C. The highest BCUT2D eigenvalue weighted by Crippen LogP contribution is 2.27. The first kappa shape index (κ1) is 21.9. The normalized spacial score (nSPS) is 11.1. The van der Waals surface area contributed by atoms with Crippen LogP contribution in [0.25, 0.3) is 5.69 Å². The van der Waals surface area contributed by atoms with Crippen molar-refractivity contribution in [3.8, 4) is 11.4 Å². The van der Waals surface area contributed by atoms with Crippen molar-refractivity contribution in [3.05, 3.63) is 80.6 Å².